The van der Waals surface area contributed by atoms with Crippen LogP contribution < -0.4 is 4.74 Å². The molecule has 22 heavy (non-hydrogen) atoms. The fourth-order valence-corrected chi connectivity index (χ4v) is 2.72. The summed E-state index contributed by atoms with van der Waals surface area (Å²) in [7, 11) is 0. The minimum absolute atomic E-state index is 0.0272. The van der Waals surface area contributed by atoms with Crippen LogP contribution in [0.5, 0.6) is 5.75 Å². The molecule has 0 saturated carbocycles. The van der Waals surface area contributed by atoms with E-state index in [2.05, 4.69) is 0 Å². The molecule has 0 heterocycles. The van der Waals surface area contributed by atoms with E-state index in [4.69, 9.17) is 4.74 Å². The van der Waals surface area contributed by atoms with Gasteiger partial charge in [-0.2, -0.15) is 13.2 Å². The highest BCUT2D eigenvalue weighted by Crippen LogP contribution is 2.38. The van der Waals surface area contributed by atoms with Crippen molar-refractivity contribution >= 4 is 28.4 Å². The van der Waals surface area contributed by atoms with E-state index in [1.165, 1.54) is 13.0 Å². The van der Waals surface area contributed by atoms with Gasteiger partial charge in [0.1, 0.15) is 12.4 Å². The van der Waals surface area contributed by atoms with Crippen LogP contribution in [0.15, 0.2) is 42.5 Å². The topological polar surface area (TPSA) is 26.3 Å². The van der Waals surface area contributed by atoms with Crippen LogP contribution in [0.3, 0.4) is 0 Å². The van der Waals surface area contributed by atoms with E-state index >= 15 is 0 Å². The largest absolute Gasteiger partial charge is 0.488 e. The number of halogens is 4. The molecule has 2 nitrogen and oxygen atoms in total. The van der Waals surface area contributed by atoms with Crippen molar-refractivity contribution in [3.8, 4) is 5.75 Å². The molecule has 0 N–H and O–H groups in total. The van der Waals surface area contributed by atoms with E-state index in [1.807, 2.05) is 28.7 Å². The number of benzene rings is 2. The summed E-state index contributed by atoms with van der Waals surface area (Å²) in [6, 6.07) is 11.0. The summed E-state index contributed by atoms with van der Waals surface area (Å²) < 4.78 is 45.2. The summed E-state index contributed by atoms with van der Waals surface area (Å²) in [5, 5.41) is 0. The van der Waals surface area contributed by atoms with Crippen molar-refractivity contribution in [2.24, 2.45) is 0 Å². The molecule has 116 valence electrons. The summed E-state index contributed by atoms with van der Waals surface area (Å²) in [6.45, 7) is 1.27. The maximum atomic E-state index is 13.2. The van der Waals surface area contributed by atoms with Gasteiger partial charge in [-0.25, -0.2) is 0 Å². The minimum atomic E-state index is -4.58. The molecule has 0 amide bonds. The third-order valence-corrected chi connectivity index (χ3v) is 3.88. The predicted octanol–water partition coefficient (Wildman–Crippen LogP) is 5.09. The first kappa shape index (κ1) is 16.8. The van der Waals surface area contributed by atoms with Crippen LogP contribution in [-0.4, -0.2) is 5.78 Å². The standard InChI is InChI=1S/C16H12F3IO2/c1-10(21)12-7-13(16(17,18)19)15(8-14(12)20)22-9-11-5-3-2-4-6-11/h2-8H,9H2,1H3. The van der Waals surface area contributed by atoms with E-state index in [1.54, 1.807) is 24.3 Å². The Bertz CT molecular complexity index is 682. The van der Waals surface area contributed by atoms with Gasteiger partial charge in [-0.3, -0.25) is 4.79 Å². The molecule has 0 aliphatic heterocycles. The van der Waals surface area contributed by atoms with Crippen LogP contribution in [0.4, 0.5) is 13.2 Å². The lowest BCUT2D eigenvalue weighted by atomic mass is 10.1. The molecule has 0 atom stereocenters. The Morgan fingerprint density at radius 1 is 1.18 bits per heavy atom. The Kier molecular flexibility index (Phi) is 5.10. The fourth-order valence-electron chi connectivity index (χ4n) is 1.90. The Morgan fingerprint density at radius 3 is 2.36 bits per heavy atom. The summed E-state index contributed by atoms with van der Waals surface area (Å²) in [4.78, 5) is 11.4. The van der Waals surface area contributed by atoms with Gasteiger partial charge in [-0.05, 0) is 47.2 Å². The Balaban J connectivity index is 2.37. The van der Waals surface area contributed by atoms with Crippen LogP contribution in [-0.2, 0) is 12.8 Å². The molecule has 0 spiro atoms. The zero-order valence-corrected chi connectivity index (χ0v) is 13.7. The molecule has 6 heteroatoms. The van der Waals surface area contributed by atoms with Crippen molar-refractivity contribution < 1.29 is 22.7 Å². The lowest BCUT2D eigenvalue weighted by Gasteiger charge is -2.16. The lowest BCUT2D eigenvalue weighted by Crippen LogP contribution is -2.11. The normalized spacial score (nSPS) is 11.3. The van der Waals surface area contributed by atoms with Crippen molar-refractivity contribution in [2.45, 2.75) is 19.7 Å². The smallest absolute Gasteiger partial charge is 0.419 e. The summed E-state index contributed by atoms with van der Waals surface area (Å²) in [6.07, 6.45) is -4.58. The van der Waals surface area contributed by atoms with Crippen molar-refractivity contribution in [1.82, 2.24) is 0 Å². The fraction of sp³-hybridized carbons (Fsp3) is 0.188. The van der Waals surface area contributed by atoms with Gasteiger partial charge in [0.2, 0.25) is 0 Å². The number of hydrogen-bond donors (Lipinski definition) is 0. The van der Waals surface area contributed by atoms with Gasteiger partial charge in [-0.1, -0.05) is 30.3 Å². The molecule has 2 aromatic carbocycles. The number of carbonyl (C=O) groups excluding carboxylic acids is 1. The minimum Gasteiger partial charge on any atom is -0.488 e. The second kappa shape index (κ2) is 6.68. The van der Waals surface area contributed by atoms with E-state index in [9.17, 15) is 18.0 Å². The number of ketones is 1. The first-order chi connectivity index (χ1) is 10.3. The molecular weight excluding hydrogens is 408 g/mol. The highest BCUT2D eigenvalue weighted by atomic mass is 127. The van der Waals surface area contributed by atoms with Gasteiger partial charge in [0.05, 0.1) is 5.56 Å². The number of hydrogen-bond acceptors (Lipinski definition) is 2. The highest BCUT2D eigenvalue weighted by molar-refractivity contribution is 14.1. The second-order valence-electron chi connectivity index (χ2n) is 4.66. The van der Waals surface area contributed by atoms with E-state index < -0.39 is 17.5 Å². The van der Waals surface area contributed by atoms with Crippen LogP contribution in [0.1, 0.15) is 28.4 Å². The molecule has 2 rings (SSSR count). The number of carbonyl (C=O) groups is 1. The SMILES string of the molecule is CC(=O)c1cc(C(F)(F)F)c(OCc2ccccc2)cc1I. The second-order valence-corrected chi connectivity index (χ2v) is 5.82. The van der Waals surface area contributed by atoms with Gasteiger partial charge in [0.25, 0.3) is 0 Å². The van der Waals surface area contributed by atoms with Gasteiger partial charge >= 0.3 is 6.18 Å². The molecule has 0 radical (unpaired) electrons. The summed E-state index contributed by atoms with van der Waals surface area (Å²) in [5.74, 6) is -0.685. The zero-order chi connectivity index (χ0) is 16.3. The van der Waals surface area contributed by atoms with Gasteiger partial charge < -0.3 is 4.74 Å². The molecule has 0 bridgehead atoms. The molecule has 0 aliphatic rings. The first-order valence-corrected chi connectivity index (χ1v) is 7.45. The third-order valence-electron chi connectivity index (χ3n) is 2.99. The van der Waals surface area contributed by atoms with Crippen molar-refractivity contribution in [1.29, 1.82) is 0 Å². The number of ether oxygens (including phenoxy) is 1. The van der Waals surface area contributed by atoms with Crippen molar-refractivity contribution in [3.63, 3.8) is 0 Å². The molecule has 0 unspecified atom stereocenters. The van der Waals surface area contributed by atoms with Crippen LogP contribution >= 0.6 is 22.6 Å². The van der Waals surface area contributed by atoms with Crippen molar-refractivity contribution in [3.05, 3.63) is 62.7 Å². The highest BCUT2D eigenvalue weighted by Gasteiger charge is 2.35. The van der Waals surface area contributed by atoms with Gasteiger partial charge in [0, 0.05) is 9.13 Å². The number of rotatable bonds is 4. The van der Waals surface area contributed by atoms with Crippen LogP contribution in [0.25, 0.3) is 0 Å². The molecule has 0 saturated heterocycles. The zero-order valence-electron chi connectivity index (χ0n) is 11.6. The van der Waals surface area contributed by atoms with Crippen molar-refractivity contribution in [2.75, 3.05) is 0 Å². The Morgan fingerprint density at radius 2 is 1.82 bits per heavy atom. The van der Waals surface area contributed by atoms with Gasteiger partial charge in [0.15, 0.2) is 5.78 Å². The van der Waals surface area contributed by atoms with E-state index in [0.717, 1.165) is 11.6 Å². The molecule has 0 aromatic heterocycles. The molecule has 0 aliphatic carbocycles. The van der Waals surface area contributed by atoms with Crippen LogP contribution in [0.2, 0.25) is 0 Å². The lowest BCUT2D eigenvalue weighted by molar-refractivity contribution is -0.139. The number of alkyl halides is 3. The maximum Gasteiger partial charge on any atom is 0.419 e. The van der Waals surface area contributed by atoms with Crippen LogP contribution in [0, 0.1) is 3.57 Å². The quantitative estimate of drug-likeness (QED) is 0.509. The summed E-state index contributed by atoms with van der Waals surface area (Å²) in [5.41, 5.74) is -0.129. The third kappa shape index (κ3) is 4.00. The summed E-state index contributed by atoms with van der Waals surface area (Å²) >= 11 is 1.83. The van der Waals surface area contributed by atoms with E-state index in [-0.39, 0.29) is 17.9 Å². The number of Topliss-reactive ketones (excluding diaryl/α,β-unsaturated/α-hetero) is 1. The van der Waals surface area contributed by atoms with Gasteiger partial charge in [-0.15, -0.1) is 0 Å². The van der Waals surface area contributed by atoms with E-state index in [0.29, 0.717) is 3.57 Å². The predicted molar refractivity (Wildman–Crippen MR) is 84.9 cm³/mol. The Labute approximate surface area is 139 Å². The molecular formula is C16H12F3IO2. The molecule has 2 aromatic rings. The average molecular weight is 420 g/mol. The first-order valence-electron chi connectivity index (χ1n) is 6.37. The average Bonchev–Trinajstić information content (AvgIpc) is 2.44. The monoisotopic (exact) mass is 420 g/mol. The molecule has 0 fully saturated rings. The Hall–Kier alpha value is -1.57. The maximum absolute atomic E-state index is 13.2.